The maximum absolute atomic E-state index is 10.7. The number of rotatable bonds is 6. The number of hydrogen-bond acceptors (Lipinski definition) is 2. The van der Waals surface area contributed by atoms with Gasteiger partial charge in [0, 0.05) is 0 Å². The molecular formula is C14H18O2. The van der Waals surface area contributed by atoms with Gasteiger partial charge in [-0.3, -0.25) is 4.79 Å². The van der Waals surface area contributed by atoms with Crippen LogP contribution in [0.3, 0.4) is 0 Å². The minimum Gasteiger partial charge on any atom is -0.489 e. The number of carbonyl (C=O) groups is 1. The average Bonchev–Trinajstić information content (AvgIpc) is 2.35. The lowest BCUT2D eigenvalue weighted by molar-refractivity contribution is 0.112. The molecule has 0 unspecified atom stereocenters. The average molecular weight is 218 g/mol. The van der Waals surface area contributed by atoms with Gasteiger partial charge in [0.15, 0.2) is 6.29 Å². The molecule has 86 valence electrons. The van der Waals surface area contributed by atoms with Crippen LogP contribution in [0.15, 0.2) is 35.9 Å². The van der Waals surface area contributed by atoms with Crippen molar-refractivity contribution in [2.45, 2.75) is 26.7 Å². The molecule has 16 heavy (non-hydrogen) atoms. The van der Waals surface area contributed by atoms with Crippen LogP contribution < -0.4 is 4.74 Å². The SMILES string of the molecule is CCC(=CCOc1ccccc1C=O)CC. The Balaban J connectivity index is 2.61. The van der Waals surface area contributed by atoms with Crippen LogP contribution in [-0.4, -0.2) is 12.9 Å². The van der Waals surface area contributed by atoms with Crippen LogP contribution in [0.2, 0.25) is 0 Å². The molecule has 0 aromatic heterocycles. The quantitative estimate of drug-likeness (QED) is 0.538. The zero-order valence-electron chi connectivity index (χ0n) is 9.90. The zero-order chi connectivity index (χ0) is 11.8. The fraction of sp³-hybridized carbons (Fsp3) is 0.357. The van der Waals surface area contributed by atoms with E-state index in [0.29, 0.717) is 17.9 Å². The molecule has 2 nitrogen and oxygen atoms in total. The Morgan fingerprint density at radius 2 is 1.94 bits per heavy atom. The lowest BCUT2D eigenvalue weighted by atomic mass is 10.1. The molecule has 1 aromatic carbocycles. The first-order chi connectivity index (χ1) is 7.81. The van der Waals surface area contributed by atoms with Gasteiger partial charge in [0.1, 0.15) is 12.4 Å². The predicted octanol–water partition coefficient (Wildman–Crippen LogP) is 3.62. The van der Waals surface area contributed by atoms with E-state index in [2.05, 4.69) is 19.9 Å². The lowest BCUT2D eigenvalue weighted by Gasteiger charge is -2.06. The van der Waals surface area contributed by atoms with Gasteiger partial charge in [-0.1, -0.05) is 31.6 Å². The molecule has 0 aliphatic heterocycles. The topological polar surface area (TPSA) is 26.3 Å². The predicted molar refractivity (Wildman–Crippen MR) is 66.0 cm³/mol. The second-order valence-corrected chi connectivity index (χ2v) is 3.54. The number of carbonyl (C=O) groups excluding carboxylic acids is 1. The van der Waals surface area contributed by atoms with Gasteiger partial charge < -0.3 is 4.74 Å². The second-order valence-electron chi connectivity index (χ2n) is 3.54. The summed E-state index contributed by atoms with van der Waals surface area (Å²) in [5, 5.41) is 0. The van der Waals surface area contributed by atoms with Gasteiger partial charge in [-0.2, -0.15) is 0 Å². The third kappa shape index (κ3) is 3.54. The highest BCUT2D eigenvalue weighted by molar-refractivity contribution is 5.79. The van der Waals surface area contributed by atoms with Gasteiger partial charge in [0.25, 0.3) is 0 Å². The van der Waals surface area contributed by atoms with Crippen molar-refractivity contribution in [1.29, 1.82) is 0 Å². The highest BCUT2D eigenvalue weighted by Crippen LogP contribution is 2.16. The van der Waals surface area contributed by atoms with Crippen molar-refractivity contribution in [3.05, 3.63) is 41.5 Å². The van der Waals surface area contributed by atoms with Crippen LogP contribution in [0.25, 0.3) is 0 Å². The molecule has 1 aromatic rings. The summed E-state index contributed by atoms with van der Waals surface area (Å²) in [6.07, 6.45) is 5.01. The van der Waals surface area contributed by atoms with Crippen molar-refractivity contribution in [3.63, 3.8) is 0 Å². The first-order valence-corrected chi connectivity index (χ1v) is 5.66. The van der Waals surface area contributed by atoms with Crippen molar-refractivity contribution < 1.29 is 9.53 Å². The minimum absolute atomic E-state index is 0.530. The van der Waals surface area contributed by atoms with Crippen molar-refractivity contribution in [2.24, 2.45) is 0 Å². The Kier molecular flexibility index (Phi) is 5.34. The molecule has 0 atom stereocenters. The molecular weight excluding hydrogens is 200 g/mol. The Bertz CT molecular complexity index is 361. The largest absolute Gasteiger partial charge is 0.489 e. The van der Waals surface area contributed by atoms with E-state index in [1.54, 1.807) is 6.07 Å². The van der Waals surface area contributed by atoms with E-state index in [1.165, 1.54) is 5.57 Å². The molecule has 0 aliphatic carbocycles. The van der Waals surface area contributed by atoms with E-state index in [0.717, 1.165) is 19.1 Å². The second kappa shape index (κ2) is 6.83. The normalized spacial score (nSPS) is 9.62. The zero-order valence-corrected chi connectivity index (χ0v) is 9.90. The Morgan fingerprint density at radius 1 is 1.25 bits per heavy atom. The van der Waals surface area contributed by atoms with Gasteiger partial charge in [-0.25, -0.2) is 0 Å². The maximum Gasteiger partial charge on any atom is 0.153 e. The smallest absolute Gasteiger partial charge is 0.153 e. The molecule has 0 spiro atoms. The van der Waals surface area contributed by atoms with Crippen LogP contribution in [0.4, 0.5) is 0 Å². The van der Waals surface area contributed by atoms with E-state index in [1.807, 2.05) is 18.2 Å². The first kappa shape index (κ1) is 12.5. The number of aldehydes is 1. The molecule has 0 amide bonds. The number of para-hydroxylation sites is 1. The van der Waals surface area contributed by atoms with Crippen LogP contribution in [0, 0.1) is 0 Å². The van der Waals surface area contributed by atoms with Crippen molar-refractivity contribution >= 4 is 6.29 Å². The molecule has 0 saturated carbocycles. The lowest BCUT2D eigenvalue weighted by Crippen LogP contribution is -1.98. The Morgan fingerprint density at radius 3 is 2.56 bits per heavy atom. The van der Waals surface area contributed by atoms with Crippen molar-refractivity contribution in [2.75, 3.05) is 6.61 Å². The molecule has 0 heterocycles. The molecule has 0 saturated heterocycles. The summed E-state index contributed by atoms with van der Waals surface area (Å²) < 4.78 is 5.55. The maximum atomic E-state index is 10.7. The van der Waals surface area contributed by atoms with E-state index in [4.69, 9.17) is 4.74 Å². The van der Waals surface area contributed by atoms with E-state index in [9.17, 15) is 4.79 Å². The molecule has 0 aliphatic rings. The van der Waals surface area contributed by atoms with Crippen LogP contribution in [-0.2, 0) is 0 Å². The number of ether oxygens (including phenoxy) is 1. The van der Waals surface area contributed by atoms with Gasteiger partial charge in [0.2, 0.25) is 0 Å². The van der Waals surface area contributed by atoms with E-state index < -0.39 is 0 Å². The number of benzene rings is 1. The van der Waals surface area contributed by atoms with Crippen LogP contribution >= 0.6 is 0 Å². The fourth-order valence-electron chi connectivity index (χ4n) is 1.50. The standard InChI is InChI=1S/C14H18O2/c1-3-12(4-2)9-10-16-14-8-6-5-7-13(14)11-15/h5-9,11H,3-4,10H2,1-2H3. The summed E-state index contributed by atoms with van der Waals surface area (Å²) in [4.78, 5) is 10.7. The van der Waals surface area contributed by atoms with Gasteiger partial charge in [-0.05, 0) is 31.1 Å². The fourth-order valence-corrected chi connectivity index (χ4v) is 1.50. The summed E-state index contributed by atoms with van der Waals surface area (Å²) in [6.45, 7) is 4.80. The van der Waals surface area contributed by atoms with Gasteiger partial charge >= 0.3 is 0 Å². The van der Waals surface area contributed by atoms with E-state index in [-0.39, 0.29) is 0 Å². The Labute approximate surface area is 96.9 Å². The molecule has 0 fully saturated rings. The monoisotopic (exact) mass is 218 g/mol. The van der Waals surface area contributed by atoms with Crippen molar-refractivity contribution in [1.82, 2.24) is 0 Å². The molecule has 1 rings (SSSR count). The highest BCUT2D eigenvalue weighted by Gasteiger charge is 1.99. The molecule has 2 heteroatoms. The van der Waals surface area contributed by atoms with E-state index >= 15 is 0 Å². The van der Waals surface area contributed by atoms with Crippen LogP contribution in [0.1, 0.15) is 37.0 Å². The summed E-state index contributed by atoms with van der Waals surface area (Å²) in [5.74, 6) is 0.653. The molecule has 0 N–H and O–H groups in total. The summed E-state index contributed by atoms with van der Waals surface area (Å²) in [5.41, 5.74) is 1.98. The Hall–Kier alpha value is -1.57. The summed E-state index contributed by atoms with van der Waals surface area (Å²) >= 11 is 0. The summed E-state index contributed by atoms with van der Waals surface area (Å²) in [6, 6.07) is 7.27. The number of allylic oxidation sites excluding steroid dienone is 1. The molecule has 0 radical (unpaired) electrons. The highest BCUT2D eigenvalue weighted by atomic mass is 16.5. The first-order valence-electron chi connectivity index (χ1n) is 5.66. The number of hydrogen-bond donors (Lipinski definition) is 0. The molecule has 0 bridgehead atoms. The van der Waals surface area contributed by atoms with Gasteiger partial charge in [0.05, 0.1) is 5.56 Å². The minimum atomic E-state index is 0.530. The van der Waals surface area contributed by atoms with Crippen molar-refractivity contribution in [3.8, 4) is 5.75 Å². The van der Waals surface area contributed by atoms with Gasteiger partial charge in [-0.15, -0.1) is 0 Å². The third-order valence-corrected chi connectivity index (χ3v) is 2.57. The summed E-state index contributed by atoms with van der Waals surface area (Å²) in [7, 11) is 0. The third-order valence-electron chi connectivity index (χ3n) is 2.57. The van der Waals surface area contributed by atoms with Crippen LogP contribution in [0.5, 0.6) is 5.75 Å².